The molecule has 1 aliphatic heterocycles. The van der Waals surface area contributed by atoms with E-state index in [0.717, 1.165) is 11.3 Å². The maximum atomic E-state index is 12.2. The summed E-state index contributed by atoms with van der Waals surface area (Å²) in [6, 6.07) is 25.1. The molecular weight excluding hydrogens is 370 g/mol. The second-order valence-electron chi connectivity index (χ2n) is 8.64. The van der Waals surface area contributed by atoms with Crippen molar-refractivity contribution in [2.75, 3.05) is 7.11 Å². The molecule has 0 spiro atoms. The summed E-state index contributed by atoms with van der Waals surface area (Å²) in [4.78, 5) is 0. The van der Waals surface area contributed by atoms with E-state index in [9.17, 15) is 5.11 Å². The Balaban J connectivity index is 1.81. The molecule has 2 N–H and O–H groups in total. The lowest BCUT2D eigenvalue weighted by Gasteiger charge is -2.48. The van der Waals surface area contributed by atoms with Crippen LogP contribution >= 0.6 is 0 Å². The Morgan fingerprint density at radius 1 is 0.867 bits per heavy atom. The van der Waals surface area contributed by atoms with E-state index in [-0.39, 0.29) is 18.0 Å². The first-order valence-electron chi connectivity index (χ1n) is 10.7. The van der Waals surface area contributed by atoms with Crippen LogP contribution in [0, 0.1) is 19.8 Å². The zero-order valence-electron chi connectivity index (χ0n) is 18.2. The van der Waals surface area contributed by atoms with Crippen molar-refractivity contribution in [2.45, 2.75) is 44.9 Å². The van der Waals surface area contributed by atoms with Crippen LogP contribution in [-0.2, 0) is 5.60 Å². The summed E-state index contributed by atoms with van der Waals surface area (Å²) >= 11 is 0. The van der Waals surface area contributed by atoms with Gasteiger partial charge in [0.2, 0.25) is 0 Å². The lowest BCUT2D eigenvalue weighted by Crippen LogP contribution is -2.50. The van der Waals surface area contributed by atoms with Crippen molar-refractivity contribution in [1.29, 1.82) is 0 Å². The van der Waals surface area contributed by atoms with Gasteiger partial charge in [0, 0.05) is 30.0 Å². The second-order valence-corrected chi connectivity index (χ2v) is 8.64. The highest BCUT2D eigenvalue weighted by Crippen LogP contribution is 2.50. The molecule has 4 atom stereocenters. The Morgan fingerprint density at radius 2 is 1.43 bits per heavy atom. The number of rotatable bonds is 4. The van der Waals surface area contributed by atoms with E-state index in [1.54, 1.807) is 7.11 Å². The number of aryl methyl sites for hydroxylation is 2. The first-order chi connectivity index (χ1) is 14.4. The molecule has 30 heavy (non-hydrogen) atoms. The lowest BCUT2D eigenvalue weighted by atomic mass is 9.68. The topological polar surface area (TPSA) is 41.5 Å². The summed E-state index contributed by atoms with van der Waals surface area (Å²) in [5, 5.41) is 16.0. The zero-order chi connectivity index (χ0) is 21.3. The van der Waals surface area contributed by atoms with Gasteiger partial charge in [0.05, 0.1) is 12.7 Å². The molecular formula is C27H31NO2. The van der Waals surface area contributed by atoms with Crippen molar-refractivity contribution >= 4 is 0 Å². The third kappa shape index (κ3) is 3.76. The minimum atomic E-state index is -1.02. The largest absolute Gasteiger partial charge is 0.496 e. The van der Waals surface area contributed by atoms with E-state index in [1.165, 1.54) is 22.3 Å². The van der Waals surface area contributed by atoms with Crippen LogP contribution < -0.4 is 10.1 Å². The molecule has 4 rings (SSSR count). The molecule has 1 heterocycles. The number of piperidine rings is 1. The van der Waals surface area contributed by atoms with E-state index in [1.807, 2.05) is 24.3 Å². The lowest BCUT2D eigenvalue weighted by molar-refractivity contribution is -0.0755. The second kappa shape index (κ2) is 8.25. The van der Waals surface area contributed by atoms with E-state index in [0.29, 0.717) is 6.42 Å². The number of ether oxygens (including phenoxy) is 1. The van der Waals surface area contributed by atoms with Gasteiger partial charge in [-0.3, -0.25) is 0 Å². The van der Waals surface area contributed by atoms with Gasteiger partial charge < -0.3 is 15.2 Å². The van der Waals surface area contributed by atoms with Crippen molar-refractivity contribution in [1.82, 2.24) is 5.32 Å². The van der Waals surface area contributed by atoms with Crippen LogP contribution in [0.2, 0.25) is 0 Å². The average Bonchev–Trinajstić information content (AvgIpc) is 2.77. The van der Waals surface area contributed by atoms with Crippen LogP contribution in [-0.4, -0.2) is 12.2 Å². The van der Waals surface area contributed by atoms with Gasteiger partial charge in [0.1, 0.15) is 5.75 Å². The van der Waals surface area contributed by atoms with Crippen LogP contribution in [0.3, 0.4) is 0 Å². The van der Waals surface area contributed by atoms with Gasteiger partial charge in [-0.2, -0.15) is 0 Å². The summed E-state index contributed by atoms with van der Waals surface area (Å²) in [7, 11) is 1.67. The van der Waals surface area contributed by atoms with Gasteiger partial charge in [-0.1, -0.05) is 84.8 Å². The Morgan fingerprint density at radius 3 is 2.03 bits per heavy atom. The summed E-state index contributed by atoms with van der Waals surface area (Å²) < 4.78 is 5.65. The third-order valence-corrected chi connectivity index (χ3v) is 6.64. The minimum absolute atomic E-state index is 0.0144. The first kappa shape index (κ1) is 20.6. The van der Waals surface area contributed by atoms with Crippen LogP contribution in [0.5, 0.6) is 5.75 Å². The highest BCUT2D eigenvalue weighted by Gasteiger charge is 2.48. The standard InChI is InChI=1S/C27H31NO2/c1-18-9-13-21(14-10-18)24-17-27(29,23-7-5-6-8-25(23)30-4)20(3)26(28-24)22-15-11-19(2)12-16-22/h5-16,20,24,26,28-29H,17H2,1-4H3/t20-,24-,26+,27+/m1/s1. The molecule has 0 bridgehead atoms. The highest BCUT2D eigenvalue weighted by molar-refractivity contribution is 5.41. The van der Waals surface area contributed by atoms with Gasteiger partial charge in [-0.05, 0) is 31.0 Å². The van der Waals surface area contributed by atoms with Crippen LogP contribution in [0.25, 0.3) is 0 Å². The van der Waals surface area contributed by atoms with E-state index >= 15 is 0 Å². The zero-order valence-corrected chi connectivity index (χ0v) is 18.2. The summed E-state index contributed by atoms with van der Waals surface area (Å²) in [5.41, 5.74) is 4.69. The number of hydrogen-bond donors (Lipinski definition) is 2. The first-order valence-corrected chi connectivity index (χ1v) is 10.7. The number of methoxy groups -OCH3 is 1. The average molecular weight is 402 g/mol. The Labute approximate surface area is 179 Å². The molecule has 1 saturated heterocycles. The van der Waals surface area contributed by atoms with Crippen LogP contribution in [0.1, 0.15) is 53.2 Å². The van der Waals surface area contributed by atoms with Gasteiger partial charge in [-0.15, -0.1) is 0 Å². The Bertz CT molecular complexity index is 996. The van der Waals surface area contributed by atoms with Crippen molar-refractivity contribution in [3.63, 3.8) is 0 Å². The Kier molecular flexibility index (Phi) is 5.68. The van der Waals surface area contributed by atoms with Crippen LogP contribution in [0.15, 0.2) is 72.8 Å². The fraction of sp³-hybridized carbons (Fsp3) is 0.333. The van der Waals surface area contributed by atoms with E-state index < -0.39 is 5.60 Å². The number of nitrogens with one attached hydrogen (secondary N) is 1. The van der Waals surface area contributed by atoms with Crippen molar-refractivity contribution in [3.05, 3.63) is 101 Å². The Hall–Kier alpha value is -2.62. The fourth-order valence-electron chi connectivity index (χ4n) is 4.72. The predicted octanol–water partition coefficient (Wildman–Crippen LogP) is 5.61. The van der Waals surface area contributed by atoms with Crippen molar-refractivity contribution in [3.8, 4) is 5.75 Å². The molecule has 3 aromatic rings. The highest BCUT2D eigenvalue weighted by atomic mass is 16.5. The molecule has 0 amide bonds. The maximum absolute atomic E-state index is 12.2. The van der Waals surface area contributed by atoms with E-state index in [2.05, 4.69) is 74.6 Å². The molecule has 3 aromatic carbocycles. The normalized spacial score (nSPS) is 26.4. The van der Waals surface area contributed by atoms with Crippen molar-refractivity contribution < 1.29 is 9.84 Å². The van der Waals surface area contributed by atoms with Gasteiger partial charge in [-0.25, -0.2) is 0 Å². The molecule has 156 valence electrons. The number of para-hydroxylation sites is 1. The van der Waals surface area contributed by atoms with Crippen LogP contribution in [0.4, 0.5) is 0 Å². The third-order valence-electron chi connectivity index (χ3n) is 6.64. The molecule has 0 aromatic heterocycles. The number of aliphatic hydroxyl groups is 1. The van der Waals surface area contributed by atoms with Gasteiger partial charge in [0.15, 0.2) is 0 Å². The summed E-state index contributed by atoms with van der Waals surface area (Å²) in [5.74, 6) is 0.692. The van der Waals surface area contributed by atoms with Crippen molar-refractivity contribution in [2.24, 2.45) is 5.92 Å². The summed E-state index contributed by atoms with van der Waals surface area (Å²) in [6.07, 6.45) is 0.583. The monoisotopic (exact) mass is 401 g/mol. The molecule has 1 fully saturated rings. The minimum Gasteiger partial charge on any atom is -0.496 e. The maximum Gasteiger partial charge on any atom is 0.124 e. The molecule has 1 aliphatic rings. The molecule has 3 nitrogen and oxygen atoms in total. The SMILES string of the molecule is COc1ccccc1[C@]1(O)C[C@H](c2ccc(C)cc2)N[C@H](c2ccc(C)cc2)[C@H]1C. The molecule has 0 unspecified atom stereocenters. The van der Waals surface area contributed by atoms with Gasteiger partial charge >= 0.3 is 0 Å². The molecule has 0 radical (unpaired) electrons. The summed E-state index contributed by atoms with van der Waals surface area (Å²) in [6.45, 7) is 6.33. The fourth-order valence-corrected chi connectivity index (χ4v) is 4.72. The van der Waals surface area contributed by atoms with E-state index in [4.69, 9.17) is 4.74 Å². The predicted molar refractivity (Wildman–Crippen MR) is 122 cm³/mol. The molecule has 0 aliphatic carbocycles. The smallest absolute Gasteiger partial charge is 0.124 e. The number of hydrogen-bond acceptors (Lipinski definition) is 3. The quantitative estimate of drug-likeness (QED) is 0.597. The molecule has 3 heteroatoms. The number of benzene rings is 3. The molecule has 0 saturated carbocycles. The van der Waals surface area contributed by atoms with Gasteiger partial charge in [0.25, 0.3) is 0 Å².